The van der Waals surface area contributed by atoms with Gasteiger partial charge in [-0.15, -0.1) is 0 Å². The van der Waals surface area contributed by atoms with Crippen molar-refractivity contribution in [3.63, 3.8) is 0 Å². The number of benzene rings is 2. The van der Waals surface area contributed by atoms with Crippen LogP contribution in [0.4, 0.5) is 13.6 Å². The maximum atomic E-state index is 13.7. The molecule has 1 fully saturated rings. The van der Waals surface area contributed by atoms with Crippen LogP contribution in [0, 0.1) is 11.6 Å². The van der Waals surface area contributed by atoms with Crippen molar-refractivity contribution < 1.29 is 23.0 Å². The lowest BCUT2D eigenvalue weighted by atomic mass is 10.0. The third-order valence-corrected chi connectivity index (χ3v) is 5.02. The first-order valence-electron chi connectivity index (χ1n) is 9.24. The Balaban J connectivity index is 1.68. The van der Waals surface area contributed by atoms with E-state index in [1.54, 1.807) is 19.1 Å². The van der Waals surface area contributed by atoms with Crippen LogP contribution in [0.1, 0.15) is 30.0 Å². The zero-order valence-electron chi connectivity index (χ0n) is 16.0. The molecule has 1 aliphatic rings. The average Bonchev–Trinajstić information content (AvgIpc) is 3.19. The summed E-state index contributed by atoms with van der Waals surface area (Å²) in [4.78, 5) is 14.4. The standard InChI is InChI=1S/C21H24F2N2O3/c1-27-14-8-9-20(28-2)16(13-14)19-7-4-12-25(19)21(26)24-11-10-15-17(22)5-3-6-18(15)23/h3,5-6,8-9,13,19H,4,7,10-12H2,1-2H3,(H,24,26). The summed E-state index contributed by atoms with van der Waals surface area (Å²) < 4.78 is 38.2. The zero-order chi connectivity index (χ0) is 20.1. The normalized spacial score (nSPS) is 16.1. The maximum Gasteiger partial charge on any atom is 0.317 e. The van der Waals surface area contributed by atoms with E-state index in [-0.39, 0.29) is 30.6 Å². The van der Waals surface area contributed by atoms with Gasteiger partial charge in [-0.25, -0.2) is 13.6 Å². The van der Waals surface area contributed by atoms with Crippen LogP contribution in [-0.4, -0.2) is 38.2 Å². The van der Waals surface area contributed by atoms with Gasteiger partial charge in [-0.3, -0.25) is 0 Å². The van der Waals surface area contributed by atoms with Crippen molar-refractivity contribution in [2.75, 3.05) is 27.3 Å². The van der Waals surface area contributed by atoms with Crippen LogP contribution in [0.25, 0.3) is 0 Å². The zero-order valence-corrected chi connectivity index (χ0v) is 16.0. The van der Waals surface area contributed by atoms with Crippen molar-refractivity contribution in [3.8, 4) is 11.5 Å². The van der Waals surface area contributed by atoms with E-state index in [9.17, 15) is 13.6 Å². The Hall–Kier alpha value is -2.83. The molecule has 1 unspecified atom stereocenters. The summed E-state index contributed by atoms with van der Waals surface area (Å²) in [5.74, 6) is 0.181. The van der Waals surface area contributed by atoms with Crippen LogP contribution in [-0.2, 0) is 6.42 Å². The SMILES string of the molecule is COc1ccc(OC)c(C2CCCN2C(=O)NCCc2c(F)cccc2F)c1. The number of hydrogen-bond acceptors (Lipinski definition) is 3. The topological polar surface area (TPSA) is 50.8 Å². The van der Waals surface area contributed by atoms with E-state index in [0.29, 0.717) is 18.0 Å². The van der Waals surface area contributed by atoms with Gasteiger partial charge in [0.25, 0.3) is 0 Å². The van der Waals surface area contributed by atoms with Crippen LogP contribution in [0.15, 0.2) is 36.4 Å². The molecule has 0 spiro atoms. The predicted octanol–water partition coefficient (Wildman–Crippen LogP) is 4.07. The first kappa shape index (κ1) is 19.9. The maximum absolute atomic E-state index is 13.7. The van der Waals surface area contributed by atoms with Gasteiger partial charge in [0, 0.05) is 24.2 Å². The van der Waals surface area contributed by atoms with E-state index in [1.165, 1.54) is 18.2 Å². The van der Waals surface area contributed by atoms with Crippen molar-refractivity contribution in [2.24, 2.45) is 0 Å². The second-order valence-electron chi connectivity index (χ2n) is 6.64. The van der Waals surface area contributed by atoms with E-state index in [1.807, 2.05) is 18.2 Å². The molecule has 0 radical (unpaired) electrons. The summed E-state index contributed by atoms with van der Waals surface area (Å²) in [7, 11) is 3.18. The Morgan fingerprint density at radius 1 is 1.18 bits per heavy atom. The van der Waals surface area contributed by atoms with E-state index in [0.717, 1.165) is 18.4 Å². The molecule has 1 aliphatic heterocycles. The highest BCUT2D eigenvalue weighted by Gasteiger charge is 2.32. The Labute approximate surface area is 163 Å². The molecule has 150 valence electrons. The number of nitrogens with zero attached hydrogens (tertiary/aromatic N) is 1. The second-order valence-corrected chi connectivity index (χ2v) is 6.64. The molecule has 0 aromatic heterocycles. The molecule has 3 rings (SSSR count). The number of amides is 2. The quantitative estimate of drug-likeness (QED) is 0.809. The molecule has 5 nitrogen and oxygen atoms in total. The van der Waals surface area contributed by atoms with Gasteiger partial charge in [0.15, 0.2) is 0 Å². The van der Waals surface area contributed by atoms with E-state index in [4.69, 9.17) is 9.47 Å². The smallest absolute Gasteiger partial charge is 0.317 e. The monoisotopic (exact) mass is 390 g/mol. The molecule has 1 atom stereocenters. The van der Waals surface area contributed by atoms with Gasteiger partial charge < -0.3 is 19.7 Å². The first-order valence-corrected chi connectivity index (χ1v) is 9.24. The van der Waals surface area contributed by atoms with E-state index in [2.05, 4.69) is 5.32 Å². The molecular weight excluding hydrogens is 366 g/mol. The second kappa shape index (κ2) is 8.91. The number of methoxy groups -OCH3 is 2. The Bertz CT molecular complexity index is 824. The van der Waals surface area contributed by atoms with Gasteiger partial charge in [0.1, 0.15) is 23.1 Å². The first-order chi connectivity index (χ1) is 13.5. The third kappa shape index (κ3) is 4.18. The highest BCUT2D eigenvalue weighted by Crippen LogP contribution is 2.38. The number of carbonyl (C=O) groups is 1. The fourth-order valence-corrected chi connectivity index (χ4v) is 3.60. The van der Waals surface area contributed by atoms with Crippen LogP contribution in [0.3, 0.4) is 0 Å². The molecule has 1 heterocycles. The molecule has 1 saturated heterocycles. The number of hydrogen-bond donors (Lipinski definition) is 1. The molecule has 0 aliphatic carbocycles. The molecule has 28 heavy (non-hydrogen) atoms. The Morgan fingerprint density at radius 2 is 1.93 bits per heavy atom. The summed E-state index contributed by atoms with van der Waals surface area (Å²) in [5.41, 5.74) is 0.866. The number of nitrogens with one attached hydrogen (secondary N) is 1. The van der Waals surface area contributed by atoms with E-state index >= 15 is 0 Å². The molecule has 7 heteroatoms. The molecule has 0 bridgehead atoms. The molecule has 0 saturated carbocycles. The summed E-state index contributed by atoms with van der Waals surface area (Å²) >= 11 is 0. The fraction of sp³-hybridized carbons (Fsp3) is 0.381. The predicted molar refractivity (Wildman–Crippen MR) is 102 cm³/mol. The van der Waals surface area contributed by atoms with Crippen LogP contribution in [0.2, 0.25) is 0 Å². The fourth-order valence-electron chi connectivity index (χ4n) is 3.60. The number of urea groups is 1. The summed E-state index contributed by atoms with van der Waals surface area (Å²) in [6.07, 6.45) is 1.75. The van der Waals surface area contributed by atoms with Crippen LogP contribution < -0.4 is 14.8 Å². The van der Waals surface area contributed by atoms with E-state index < -0.39 is 11.6 Å². The van der Waals surface area contributed by atoms with Crippen molar-refractivity contribution in [3.05, 3.63) is 59.2 Å². The molecular formula is C21H24F2N2O3. The van der Waals surface area contributed by atoms with Gasteiger partial charge in [-0.2, -0.15) is 0 Å². The molecule has 2 aromatic carbocycles. The number of likely N-dealkylation sites (tertiary alicyclic amines) is 1. The summed E-state index contributed by atoms with van der Waals surface area (Å²) in [6, 6.07) is 8.86. The van der Waals surface area contributed by atoms with Gasteiger partial charge in [0.05, 0.1) is 20.3 Å². The van der Waals surface area contributed by atoms with Gasteiger partial charge in [-0.1, -0.05) is 6.07 Å². The number of carbonyl (C=O) groups excluding carboxylic acids is 1. The van der Waals surface area contributed by atoms with Crippen molar-refractivity contribution in [1.82, 2.24) is 10.2 Å². The highest BCUT2D eigenvalue weighted by molar-refractivity contribution is 5.75. The number of rotatable bonds is 6. The molecule has 2 amide bonds. The van der Waals surface area contributed by atoms with Gasteiger partial charge in [-0.05, 0) is 49.6 Å². The lowest BCUT2D eigenvalue weighted by Gasteiger charge is -2.27. The lowest BCUT2D eigenvalue weighted by molar-refractivity contribution is 0.192. The molecule has 1 N–H and O–H groups in total. The Kier molecular flexibility index (Phi) is 6.34. The number of ether oxygens (including phenoxy) is 2. The van der Waals surface area contributed by atoms with Crippen LogP contribution in [0.5, 0.6) is 11.5 Å². The van der Waals surface area contributed by atoms with Crippen LogP contribution >= 0.6 is 0 Å². The lowest BCUT2D eigenvalue weighted by Crippen LogP contribution is -2.40. The minimum atomic E-state index is -0.602. The van der Waals surface area contributed by atoms with Gasteiger partial charge >= 0.3 is 6.03 Å². The largest absolute Gasteiger partial charge is 0.497 e. The molecule has 2 aromatic rings. The highest BCUT2D eigenvalue weighted by atomic mass is 19.1. The number of halogens is 2. The van der Waals surface area contributed by atoms with Crippen molar-refractivity contribution in [2.45, 2.75) is 25.3 Å². The minimum Gasteiger partial charge on any atom is -0.497 e. The third-order valence-electron chi connectivity index (χ3n) is 5.02. The Morgan fingerprint density at radius 3 is 2.61 bits per heavy atom. The average molecular weight is 390 g/mol. The van der Waals surface area contributed by atoms with Crippen molar-refractivity contribution in [1.29, 1.82) is 0 Å². The van der Waals surface area contributed by atoms with Gasteiger partial charge in [0.2, 0.25) is 0 Å². The summed E-state index contributed by atoms with van der Waals surface area (Å²) in [6.45, 7) is 0.750. The summed E-state index contributed by atoms with van der Waals surface area (Å²) in [5, 5.41) is 2.77. The van der Waals surface area contributed by atoms with Crippen molar-refractivity contribution >= 4 is 6.03 Å². The minimum absolute atomic E-state index is 0.0183.